The Morgan fingerprint density at radius 3 is 3.06 bits per heavy atom. The highest BCUT2D eigenvalue weighted by atomic mass is 15.5. The number of nitrogens with one attached hydrogen (secondary N) is 2. The molecule has 7 nitrogen and oxygen atoms in total. The van der Waals surface area contributed by atoms with E-state index in [2.05, 4.69) is 25.6 Å². The molecule has 3 rings (SSSR count). The molecule has 0 aromatic carbocycles. The van der Waals surface area contributed by atoms with Crippen LogP contribution in [0.2, 0.25) is 0 Å². The lowest BCUT2D eigenvalue weighted by Gasteiger charge is -2.03. The van der Waals surface area contributed by atoms with E-state index in [1.165, 1.54) is 0 Å². The van der Waals surface area contributed by atoms with Gasteiger partial charge in [0, 0.05) is 12.4 Å². The van der Waals surface area contributed by atoms with Gasteiger partial charge in [-0.1, -0.05) is 0 Å². The summed E-state index contributed by atoms with van der Waals surface area (Å²) in [5, 5.41) is 21.6. The second kappa shape index (κ2) is 3.48. The van der Waals surface area contributed by atoms with E-state index in [-0.39, 0.29) is 5.49 Å². The van der Waals surface area contributed by atoms with Crippen LogP contribution in [0.4, 0.5) is 0 Å². The molecular weight excluding hydrogens is 218 g/mol. The first kappa shape index (κ1) is 9.64. The normalized spacial score (nSPS) is 10.9. The lowest BCUT2D eigenvalue weighted by atomic mass is 10.2. The molecule has 0 unspecified atom stereocenters. The molecule has 17 heavy (non-hydrogen) atoms. The molecule has 3 aromatic heterocycles. The van der Waals surface area contributed by atoms with Crippen LogP contribution in [0.3, 0.4) is 0 Å². The third-order valence-corrected chi connectivity index (χ3v) is 2.50. The molecule has 2 N–H and O–H groups in total. The number of H-pyrrole nitrogens is 1. The maximum atomic E-state index is 8.09. The number of fused-ring (bicyclic) bond motifs is 1. The fourth-order valence-corrected chi connectivity index (χ4v) is 1.64. The fraction of sp³-hybridized carbons (Fsp3) is 0.100. The number of aromatic amines is 1. The van der Waals surface area contributed by atoms with Crippen LogP contribution in [0, 0.1) is 12.3 Å². The van der Waals surface area contributed by atoms with Crippen LogP contribution in [-0.2, 0) is 0 Å². The van der Waals surface area contributed by atoms with Gasteiger partial charge in [-0.2, -0.15) is 5.21 Å². The predicted molar refractivity (Wildman–Crippen MR) is 59.0 cm³/mol. The van der Waals surface area contributed by atoms with Crippen molar-refractivity contribution in [3.8, 4) is 11.4 Å². The summed E-state index contributed by atoms with van der Waals surface area (Å²) in [4.78, 5) is 4.28. The van der Waals surface area contributed by atoms with Crippen molar-refractivity contribution in [3.63, 3.8) is 0 Å². The van der Waals surface area contributed by atoms with E-state index in [1.54, 1.807) is 10.6 Å². The van der Waals surface area contributed by atoms with E-state index >= 15 is 0 Å². The van der Waals surface area contributed by atoms with E-state index in [9.17, 15) is 0 Å². The Bertz CT molecular complexity index is 726. The molecule has 0 aliphatic rings. The standard InChI is InChI=1S/C10H9N7/c1-6-2-3-17-8(4-6)12-5-7(9(17)11)10-13-15-16-14-10/h2-5,11H,1H3,(H,13,14,15,16). The van der Waals surface area contributed by atoms with Crippen LogP contribution < -0.4 is 5.49 Å². The first-order valence-electron chi connectivity index (χ1n) is 5.02. The minimum absolute atomic E-state index is 0.288. The van der Waals surface area contributed by atoms with E-state index < -0.39 is 0 Å². The Morgan fingerprint density at radius 2 is 2.29 bits per heavy atom. The maximum absolute atomic E-state index is 8.09. The Hall–Kier alpha value is -2.57. The molecule has 0 spiro atoms. The van der Waals surface area contributed by atoms with Crippen molar-refractivity contribution in [2.75, 3.05) is 0 Å². The maximum Gasteiger partial charge on any atom is 0.209 e. The molecule has 84 valence electrons. The topological polar surface area (TPSA) is 95.6 Å². The predicted octanol–water partition coefficient (Wildman–Crippen LogP) is 0.302. The zero-order valence-electron chi connectivity index (χ0n) is 9.05. The third kappa shape index (κ3) is 1.48. The SMILES string of the molecule is Cc1ccn2c(=N)c(-c3nn[nH]n3)cnc2c1. The second-order valence-corrected chi connectivity index (χ2v) is 3.69. The number of aryl methyl sites for hydroxylation is 1. The van der Waals surface area contributed by atoms with Gasteiger partial charge in [0.15, 0.2) is 0 Å². The number of hydrogen-bond donors (Lipinski definition) is 2. The lowest BCUT2D eigenvalue weighted by Crippen LogP contribution is -2.17. The Morgan fingerprint density at radius 1 is 1.41 bits per heavy atom. The Labute approximate surface area is 95.7 Å². The van der Waals surface area contributed by atoms with Crippen molar-refractivity contribution in [1.82, 2.24) is 30.0 Å². The van der Waals surface area contributed by atoms with Crippen LogP contribution in [0.1, 0.15) is 5.56 Å². The van der Waals surface area contributed by atoms with Gasteiger partial charge in [-0.15, -0.1) is 10.2 Å². The molecule has 0 atom stereocenters. The summed E-state index contributed by atoms with van der Waals surface area (Å²) in [5.41, 5.74) is 2.66. The molecule has 0 radical (unpaired) electrons. The minimum atomic E-state index is 0.288. The third-order valence-electron chi connectivity index (χ3n) is 2.50. The number of nitrogens with zero attached hydrogens (tertiary/aromatic N) is 5. The highest BCUT2D eigenvalue weighted by Gasteiger charge is 2.08. The monoisotopic (exact) mass is 227 g/mol. The molecule has 0 aliphatic carbocycles. The summed E-state index contributed by atoms with van der Waals surface area (Å²) < 4.78 is 1.68. The molecule has 0 fully saturated rings. The lowest BCUT2D eigenvalue weighted by molar-refractivity contribution is 0.881. The van der Waals surface area contributed by atoms with Crippen LogP contribution >= 0.6 is 0 Å². The smallest absolute Gasteiger partial charge is 0.209 e. The highest BCUT2D eigenvalue weighted by molar-refractivity contribution is 5.53. The molecule has 3 heterocycles. The van der Waals surface area contributed by atoms with Crippen molar-refractivity contribution >= 4 is 5.65 Å². The van der Waals surface area contributed by atoms with E-state index in [4.69, 9.17) is 5.41 Å². The van der Waals surface area contributed by atoms with Crippen LogP contribution in [0.15, 0.2) is 24.5 Å². The summed E-state index contributed by atoms with van der Waals surface area (Å²) in [6, 6.07) is 3.84. The fourth-order valence-electron chi connectivity index (χ4n) is 1.64. The highest BCUT2D eigenvalue weighted by Crippen LogP contribution is 2.08. The number of hydrogen-bond acceptors (Lipinski definition) is 5. The Balaban J connectivity index is 2.34. The zero-order chi connectivity index (χ0) is 11.8. The van der Waals surface area contributed by atoms with Gasteiger partial charge in [0.05, 0.1) is 5.56 Å². The molecule has 0 saturated heterocycles. The number of aromatic nitrogens is 6. The quantitative estimate of drug-likeness (QED) is 0.625. The average molecular weight is 227 g/mol. The van der Waals surface area contributed by atoms with E-state index in [0.717, 1.165) is 11.2 Å². The van der Waals surface area contributed by atoms with Gasteiger partial charge in [0.1, 0.15) is 11.1 Å². The second-order valence-electron chi connectivity index (χ2n) is 3.69. The summed E-state index contributed by atoms with van der Waals surface area (Å²) in [6.07, 6.45) is 3.39. The first-order chi connectivity index (χ1) is 8.25. The van der Waals surface area contributed by atoms with Gasteiger partial charge < -0.3 is 0 Å². The number of tetrazole rings is 1. The molecule has 0 amide bonds. The van der Waals surface area contributed by atoms with Crippen molar-refractivity contribution in [2.45, 2.75) is 6.92 Å². The average Bonchev–Trinajstić information content (AvgIpc) is 2.82. The van der Waals surface area contributed by atoms with Crippen molar-refractivity contribution < 1.29 is 0 Å². The Kier molecular flexibility index (Phi) is 1.97. The summed E-state index contributed by atoms with van der Waals surface area (Å²) in [7, 11) is 0. The van der Waals surface area contributed by atoms with Gasteiger partial charge in [0.25, 0.3) is 0 Å². The molecular formula is C10H9N7. The molecule has 7 heteroatoms. The largest absolute Gasteiger partial charge is 0.286 e. The molecule has 0 aliphatic heterocycles. The minimum Gasteiger partial charge on any atom is -0.286 e. The first-order valence-corrected chi connectivity index (χ1v) is 5.02. The van der Waals surface area contributed by atoms with Crippen molar-refractivity contribution in [3.05, 3.63) is 35.6 Å². The summed E-state index contributed by atoms with van der Waals surface area (Å²) >= 11 is 0. The zero-order valence-corrected chi connectivity index (χ0v) is 9.05. The van der Waals surface area contributed by atoms with Gasteiger partial charge in [-0.3, -0.25) is 9.81 Å². The number of rotatable bonds is 1. The van der Waals surface area contributed by atoms with Crippen LogP contribution in [0.5, 0.6) is 0 Å². The van der Waals surface area contributed by atoms with Crippen LogP contribution in [0.25, 0.3) is 17.0 Å². The molecule has 0 bridgehead atoms. The summed E-state index contributed by atoms with van der Waals surface area (Å²) in [6.45, 7) is 1.98. The van der Waals surface area contributed by atoms with E-state index in [0.29, 0.717) is 11.4 Å². The van der Waals surface area contributed by atoms with Gasteiger partial charge in [-0.25, -0.2) is 4.98 Å². The van der Waals surface area contributed by atoms with Crippen LogP contribution in [-0.4, -0.2) is 30.0 Å². The molecule has 3 aromatic rings. The van der Waals surface area contributed by atoms with Crippen molar-refractivity contribution in [1.29, 1.82) is 5.41 Å². The van der Waals surface area contributed by atoms with E-state index in [1.807, 2.05) is 25.3 Å². The van der Waals surface area contributed by atoms with Gasteiger partial charge in [0.2, 0.25) is 5.82 Å². The van der Waals surface area contributed by atoms with Crippen molar-refractivity contribution in [2.24, 2.45) is 0 Å². The summed E-state index contributed by atoms with van der Waals surface area (Å²) in [5.74, 6) is 0.373. The molecule has 0 saturated carbocycles. The number of pyridine rings is 1. The van der Waals surface area contributed by atoms with Gasteiger partial charge in [-0.05, 0) is 29.8 Å². The van der Waals surface area contributed by atoms with Gasteiger partial charge >= 0.3 is 0 Å².